The highest BCUT2D eigenvalue weighted by molar-refractivity contribution is 5.70. The van der Waals surface area contributed by atoms with E-state index in [1.54, 1.807) is 0 Å². The summed E-state index contributed by atoms with van der Waals surface area (Å²) < 4.78 is 17.6. The molecule has 0 unspecified atom stereocenters. The number of ether oxygens (including phenoxy) is 3. The van der Waals surface area contributed by atoms with E-state index in [4.69, 9.17) is 14.2 Å². The summed E-state index contributed by atoms with van der Waals surface area (Å²) in [7, 11) is 0. The zero-order valence-electron chi connectivity index (χ0n) is 49.8. The van der Waals surface area contributed by atoms with Gasteiger partial charge in [0.2, 0.25) is 0 Å². The Labute approximate surface area is 452 Å². The van der Waals surface area contributed by atoms with Crippen LogP contribution < -0.4 is 0 Å². The molecule has 0 aromatic rings. The number of hydrogen-bond acceptors (Lipinski definition) is 5. The van der Waals surface area contributed by atoms with E-state index in [9.17, 15) is 9.59 Å². The quantitative estimate of drug-likeness (QED) is 0.0449. The van der Waals surface area contributed by atoms with Gasteiger partial charge >= 0.3 is 11.9 Å². The first-order valence-electron chi connectivity index (χ1n) is 33.6. The molecule has 0 N–H and O–H groups in total. The zero-order chi connectivity index (χ0) is 52.0. The van der Waals surface area contributed by atoms with Gasteiger partial charge in [-0.1, -0.05) is 361 Å². The van der Waals surface area contributed by atoms with Gasteiger partial charge in [-0.15, -0.1) is 0 Å². The molecule has 0 saturated heterocycles. The predicted molar refractivity (Wildman–Crippen MR) is 316 cm³/mol. The fraction of sp³-hybridized carbons (Fsp3) is 0.970. The Morgan fingerprint density at radius 3 is 0.708 bits per heavy atom. The summed E-state index contributed by atoms with van der Waals surface area (Å²) in [5.74, 6) is -0.358. The molecule has 0 radical (unpaired) electrons. The second-order valence-corrected chi connectivity index (χ2v) is 23.1. The molecule has 0 spiro atoms. The highest BCUT2D eigenvalue weighted by Gasteiger charge is 2.18. The van der Waals surface area contributed by atoms with Crippen molar-refractivity contribution in [1.82, 2.24) is 0 Å². The van der Waals surface area contributed by atoms with Gasteiger partial charge < -0.3 is 14.2 Å². The Hall–Kier alpha value is -1.10. The lowest BCUT2D eigenvalue weighted by molar-refractivity contribution is -0.163. The molecule has 5 heteroatoms. The van der Waals surface area contributed by atoms with Crippen LogP contribution in [0.4, 0.5) is 0 Å². The van der Waals surface area contributed by atoms with E-state index in [2.05, 4.69) is 20.8 Å². The van der Waals surface area contributed by atoms with Crippen molar-refractivity contribution in [3.63, 3.8) is 0 Å². The largest absolute Gasteiger partial charge is 0.462 e. The van der Waals surface area contributed by atoms with Crippen molar-refractivity contribution in [2.45, 2.75) is 399 Å². The normalized spacial score (nSPS) is 12.0. The molecule has 0 saturated carbocycles. The highest BCUT2D eigenvalue weighted by atomic mass is 16.6. The maximum atomic E-state index is 12.9. The minimum absolute atomic E-state index is 0.0992. The third-order valence-corrected chi connectivity index (χ3v) is 15.6. The van der Waals surface area contributed by atoms with E-state index in [1.165, 1.54) is 327 Å². The summed E-state index contributed by atoms with van der Waals surface area (Å²) in [5, 5.41) is 0. The third-order valence-electron chi connectivity index (χ3n) is 15.6. The van der Waals surface area contributed by atoms with E-state index < -0.39 is 6.10 Å². The molecule has 0 aromatic heterocycles. The molecule has 0 rings (SSSR count). The molecule has 72 heavy (non-hydrogen) atoms. The number of carbonyl (C=O) groups excluding carboxylic acids is 2. The number of carbonyl (C=O) groups is 2. The van der Waals surface area contributed by atoms with E-state index in [0.717, 1.165) is 32.1 Å². The van der Waals surface area contributed by atoms with Crippen LogP contribution in [-0.2, 0) is 23.8 Å². The molecule has 0 amide bonds. The molecular weight excluding hydrogens is 885 g/mol. The van der Waals surface area contributed by atoms with Crippen LogP contribution in [0.1, 0.15) is 393 Å². The second kappa shape index (κ2) is 64.2. The van der Waals surface area contributed by atoms with E-state index in [1.807, 2.05) is 0 Å². The van der Waals surface area contributed by atoms with Crippen LogP contribution in [0, 0.1) is 0 Å². The van der Waals surface area contributed by atoms with Gasteiger partial charge in [-0.25, -0.2) is 0 Å². The summed E-state index contributed by atoms with van der Waals surface area (Å²) in [6, 6.07) is 0. The minimum Gasteiger partial charge on any atom is -0.462 e. The molecular formula is C67H132O5. The number of hydrogen-bond donors (Lipinski definition) is 0. The molecule has 5 nitrogen and oxygen atoms in total. The monoisotopic (exact) mass is 1020 g/mol. The summed E-state index contributed by atoms with van der Waals surface area (Å²) >= 11 is 0. The SMILES string of the molecule is CCCCCCCCCCCCCCCCCCCCCCCC(=O)O[C@H](COCCCCCCCCCCCCCCCCCC)COC(=O)CCCCCCCCCCCCCCCCCCCCC. The maximum absolute atomic E-state index is 12.9. The van der Waals surface area contributed by atoms with Gasteiger partial charge in [0.15, 0.2) is 6.10 Å². The average Bonchev–Trinajstić information content (AvgIpc) is 3.38. The van der Waals surface area contributed by atoms with Crippen molar-refractivity contribution in [3.05, 3.63) is 0 Å². The van der Waals surface area contributed by atoms with Crippen LogP contribution in [0.25, 0.3) is 0 Å². The molecule has 430 valence electrons. The molecule has 0 bridgehead atoms. The lowest BCUT2D eigenvalue weighted by Gasteiger charge is -2.18. The van der Waals surface area contributed by atoms with Crippen molar-refractivity contribution < 1.29 is 23.8 Å². The first-order valence-corrected chi connectivity index (χ1v) is 33.6. The van der Waals surface area contributed by atoms with Crippen molar-refractivity contribution in [1.29, 1.82) is 0 Å². The van der Waals surface area contributed by atoms with Crippen molar-refractivity contribution in [2.24, 2.45) is 0 Å². The molecule has 1 atom stereocenters. The lowest BCUT2D eigenvalue weighted by Crippen LogP contribution is -2.30. The summed E-state index contributed by atoms with van der Waals surface area (Å²) in [5.41, 5.74) is 0. The van der Waals surface area contributed by atoms with E-state index in [-0.39, 0.29) is 18.5 Å². The van der Waals surface area contributed by atoms with E-state index >= 15 is 0 Å². The van der Waals surface area contributed by atoms with Crippen LogP contribution in [0.2, 0.25) is 0 Å². The average molecular weight is 1020 g/mol. The smallest absolute Gasteiger partial charge is 0.306 e. The Balaban J connectivity index is 4.16. The molecule has 0 aliphatic heterocycles. The first kappa shape index (κ1) is 70.9. The van der Waals surface area contributed by atoms with Crippen molar-refractivity contribution in [3.8, 4) is 0 Å². The van der Waals surface area contributed by atoms with Crippen LogP contribution >= 0.6 is 0 Å². The lowest BCUT2D eigenvalue weighted by atomic mass is 10.0. The Morgan fingerprint density at radius 1 is 0.250 bits per heavy atom. The first-order chi connectivity index (χ1) is 35.6. The van der Waals surface area contributed by atoms with Gasteiger partial charge in [-0.2, -0.15) is 0 Å². The predicted octanol–water partition coefficient (Wildman–Crippen LogP) is 23.1. The maximum Gasteiger partial charge on any atom is 0.306 e. The Kier molecular flexibility index (Phi) is 63.2. The van der Waals surface area contributed by atoms with Gasteiger partial charge in [0.25, 0.3) is 0 Å². The van der Waals surface area contributed by atoms with Gasteiger partial charge in [0.1, 0.15) is 6.61 Å². The minimum atomic E-state index is -0.525. The van der Waals surface area contributed by atoms with Crippen LogP contribution in [0.15, 0.2) is 0 Å². The topological polar surface area (TPSA) is 61.8 Å². The Bertz CT molecular complexity index is 1010. The molecule has 0 heterocycles. The third kappa shape index (κ3) is 61.4. The Morgan fingerprint density at radius 2 is 0.458 bits per heavy atom. The van der Waals surface area contributed by atoms with Gasteiger partial charge in [0.05, 0.1) is 6.61 Å². The van der Waals surface area contributed by atoms with Crippen LogP contribution in [0.5, 0.6) is 0 Å². The zero-order valence-corrected chi connectivity index (χ0v) is 49.8. The summed E-state index contributed by atoms with van der Waals surface area (Å²) in [6.45, 7) is 7.95. The fourth-order valence-electron chi connectivity index (χ4n) is 10.6. The van der Waals surface area contributed by atoms with Crippen LogP contribution in [-0.4, -0.2) is 37.9 Å². The molecule has 0 fully saturated rings. The van der Waals surface area contributed by atoms with Gasteiger partial charge in [0, 0.05) is 19.4 Å². The van der Waals surface area contributed by atoms with Crippen molar-refractivity contribution >= 4 is 11.9 Å². The van der Waals surface area contributed by atoms with Gasteiger partial charge in [-0.3, -0.25) is 9.59 Å². The van der Waals surface area contributed by atoms with E-state index in [0.29, 0.717) is 26.1 Å². The standard InChI is InChI=1S/C67H132O5/c1-4-7-10-13-16-19-22-25-28-31-33-34-36-38-40-43-46-49-52-55-58-61-67(69)72-65(63-70-62-59-56-53-50-47-44-41-30-27-24-21-18-15-12-9-6-3)64-71-66(68)60-57-54-51-48-45-42-39-37-35-32-29-26-23-20-17-14-11-8-5-2/h65H,4-64H2,1-3H3/t65-/m1/s1. The molecule has 0 aliphatic carbocycles. The number of rotatable bonds is 64. The van der Waals surface area contributed by atoms with Gasteiger partial charge in [-0.05, 0) is 19.3 Å². The van der Waals surface area contributed by atoms with Crippen molar-refractivity contribution in [2.75, 3.05) is 19.8 Å². The highest BCUT2D eigenvalue weighted by Crippen LogP contribution is 2.19. The van der Waals surface area contributed by atoms with Crippen LogP contribution in [0.3, 0.4) is 0 Å². The summed E-state index contributed by atoms with van der Waals surface area (Å²) in [6.07, 6.45) is 75.8. The number of esters is 2. The fourth-order valence-corrected chi connectivity index (χ4v) is 10.6. The molecule has 0 aliphatic rings. The summed E-state index contributed by atoms with van der Waals surface area (Å²) in [4.78, 5) is 25.7. The second-order valence-electron chi connectivity index (χ2n) is 23.1. The number of unbranched alkanes of at least 4 members (excludes halogenated alkanes) is 53. The molecule has 0 aromatic carbocycles.